The van der Waals surface area contributed by atoms with Gasteiger partial charge in [0.25, 0.3) is 5.69 Å². The third-order valence-electron chi connectivity index (χ3n) is 3.46. The molecule has 0 aliphatic carbocycles. The average Bonchev–Trinajstić information content (AvgIpc) is 2.61. The van der Waals surface area contributed by atoms with Crippen molar-refractivity contribution in [3.8, 4) is 5.75 Å². The van der Waals surface area contributed by atoms with Crippen LogP contribution in [0.3, 0.4) is 0 Å². The number of hydrogen-bond donors (Lipinski definition) is 1. The Hall–Kier alpha value is -3.26. The van der Waals surface area contributed by atoms with E-state index < -0.39 is 16.6 Å². The lowest BCUT2D eigenvalue weighted by Gasteiger charge is -2.19. The molecule has 0 saturated carbocycles. The summed E-state index contributed by atoms with van der Waals surface area (Å²) in [4.78, 5) is 22.5. The van der Waals surface area contributed by atoms with Crippen LogP contribution in [0, 0.1) is 15.9 Å². The molecule has 25 heavy (non-hydrogen) atoms. The molecular formula is C17H13FN2O5. The second-order valence-corrected chi connectivity index (χ2v) is 5.22. The number of amides is 1. The topological polar surface area (TPSA) is 90.7 Å². The van der Waals surface area contributed by atoms with Crippen LogP contribution in [0.5, 0.6) is 5.75 Å². The van der Waals surface area contributed by atoms with E-state index in [4.69, 9.17) is 9.47 Å². The summed E-state index contributed by atoms with van der Waals surface area (Å²) in [6.07, 6.45) is 2.65. The van der Waals surface area contributed by atoms with E-state index in [1.807, 2.05) is 0 Å². The normalized spacial score (nSPS) is 13.2. The molecule has 0 aromatic heterocycles. The molecule has 0 saturated heterocycles. The predicted molar refractivity (Wildman–Crippen MR) is 87.4 cm³/mol. The van der Waals surface area contributed by atoms with Gasteiger partial charge in [-0.05, 0) is 30.3 Å². The summed E-state index contributed by atoms with van der Waals surface area (Å²) in [6.45, 7) is 0.229. The summed E-state index contributed by atoms with van der Waals surface area (Å²) in [6, 6.07) is 8.01. The number of nitro groups is 1. The highest BCUT2D eigenvalue weighted by atomic mass is 19.1. The van der Waals surface area contributed by atoms with E-state index in [-0.39, 0.29) is 19.1 Å². The van der Waals surface area contributed by atoms with E-state index in [1.165, 1.54) is 48.6 Å². The summed E-state index contributed by atoms with van der Waals surface area (Å²) in [7, 11) is 0. The van der Waals surface area contributed by atoms with Crippen molar-refractivity contribution >= 4 is 23.4 Å². The van der Waals surface area contributed by atoms with Gasteiger partial charge in [0, 0.05) is 35.0 Å². The van der Waals surface area contributed by atoms with Crippen LogP contribution in [0.4, 0.5) is 15.8 Å². The first-order chi connectivity index (χ1) is 12.0. The number of fused-ring (bicyclic) bond motifs is 1. The molecule has 128 valence electrons. The standard InChI is InChI=1S/C17H13FN2O5/c18-13-2-4-14(5-3-13)19-16(21)6-1-11-7-15(20(22)23)8-12-9-24-10-25-17(11)12/h1-8H,9-10H2,(H,19,21). The van der Waals surface area contributed by atoms with Gasteiger partial charge in [-0.1, -0.05) is 0 Å². The Morgan fingerprint density at radius 2 is 2.04 bits per heavy atom. The van der Waals surface area contributed by atoms with Crippen molar-refractivity contribution in [1.82, 2.24) is 0 Å². The van der Waals surface area contributed by atoms with E-state index in [0.717, 1.165) is 0 Å². The Balaban J connectivity index is 1.82. The zero-order valence-electron chi connectivity index (χ0n) is 12.9. The van der Waals surface area contributed by atoms with Gasteiger partial charge in [0.2, 0.25) is 5.91 Å². The number of benzene rings is 2. The molecule has 0 radical (unpaired) electrons. The third-order valence-corrected chi connectivity index (χ3v) is 3.46. The minimum absolute atomic E-state index is 0.0351. The average molecular weight is 344 g/mol. The maximum absolute atomic E-state index is 12.9. The first-order valence-corrected chi connectivity index (χ1v) is 7.29. The molecule has 0 atom stereocenters. The second-order valence-electron chi connectivity index (χ2n) is 5.22. The molecule has 0 spiro atoms. The fourth-order valence-electron chi connectivity index (χ4n) is 2.34. The van der Waals surface area contributed by atoms with E-state index in [0.29, 0.717) is 22.6 Å². The summed E-state index contributed by atoms with van der Waals surface area (Å²) in [5.41, 5.74) is 1.26. The van der Waals surface area contributed by atoms with E-state index in [2.05, 4.69) is 5.32 Å². The number of nitro benzene ring substituents is 1. The lowest BCUT2D eigenvalue weighted by Crippen LogP contribution is -2.13. The highest BCUT2D eigenvalue weighted by molar-refractivity contribution is 6.02. The first kappa shape index (κ1) is 16.6. The smallest absolute Gasteiger partial charge is 0.270 e. The Bertz CT molecular complexity index is 849. The van der Waals surface area contributed by atoms with Crippen molar-refractivity contribution < 1.29 is 23.6 Å². The van der Waals surface area contributed by atoms with Crippen LogP contribution < -0.4 is 10.1 Å². The van der Waals surface area contributed by atoms with Gasteiger partial charge in [-0.3, -0.25) is 14.9 Å². The van der Waals surface area contributed by atoms with Crippen molar-refractivity contribution in [2.24, 2.45) is 0 Å². The van der Waals surface area contributed by atoms with Gasteiger partial charge in [0.05, 0.1) is 11.5 Å². The number of halogens is 1. The number of nitrogens with one attached hydrogen (secondary N) is 1. The van der Waals surface area contributed by atoms with Crippen LogP contribution in [-0.4, -0.2) is 17.6 Å². The quantitative estimate of drug-likeness (QED) is 0.522. The number of anilines is 1. The zero-order valence-corrected chi connectivity index (χ0v) is 12.9. The summed E-state index contributed by atoms with van der Waals surface area (Å²) in [5, 5.41) is 13.6. The van der Waals surface area contributed by atoms with Crippen molar-refractivity contribution in [3.05, 3.63) is 69.5 Å². The van der Waals surface area contributed by atoms with Crippen molar-refractivity contribution in [2.45, 2.75) is 6.61 Å². The molecular weight excluding hydrogens is 331 g/mol. The molecule has 2 aromatic carbocycles. The Kier molecular flexibility index (Phi) is 4.71. The highest BCUT2D eigenvalue weighted by Crippen LogP contribution is 2.33. The van der Waals surface area contributed by atoms with Gasteiger partial charge in [-0.15, -0.1) is 0 Å². The molecule has 1 aliphatic heterocycles. The number of nitrogens with zero attached hydrogens (tertiary/aromatic N) is 1. The molecule has 2 aromatic rings. The Morgan fingerprint density at radius 1 is 1.28 bits per heavy atom. The van der Waals surface area contributed by atoms with E-state index in [9.17, 15) is 19.3 Å². The second kappa shape index (κ2) is 7.10. The Morgan fingerprint density at radius 3 is 2.76 bits per heavy atom. The molecule has 7 nitrogen and oxygen atoms in total. The van der Waals surface area contributed by atoms with Gasteiger partial charge in [0.15, 0.2) is 6.79 Å². The van der Waals surface area contributed by atoms with Gasteiger partial charge >= 0.3 is 0 Å². The zero-order chi connectivity index (χ0) is 17.8. The summed E-state index contributed by atoms with van der Waals surface area (Å²) < 4.78 is 23.4. The lowest BCUT2D eigenvalue weighted by molar-refractivity contribution is -0.385. The van der Waals surface area contributed by atoms with Crippen LogP contribution in [-0.2, 0) is 16.1 Å². The summed E-state index contributed by atoms with van der Waals surface area (Å²) >= 11 is 0. The number of carbonyl (C=O) groups excluding carboxylic acids is 1. The number of hydrogen-bond acceptors (Lipinski definition) is 5. The first-order valence-electron chi connectivity index (χ1n) is 7.29. The van der Waals surface area contributed by atoms with Crippen LogP contribution in [0.25, 0.3) is 6.08 Å². The van der Waals surface area contributed by atoms with Crippen molar-refractivity contribution in [2.75, 3.05) is 12.1 Å². The maximum Gasteiger partial charge on any atom is 0.270 e. The van der Waals surface area contributed by atoms with Gasteiger partial charge in [-0.2, -0.15) is 0 Å². The van der Waals surface area contributed by atoms with Crippen molar-refractivity contribution in [1.29, 1.82) is 0 Å². The monoisotopic (exact) mass is 344 g/mol. The molecule has 0 bridgehead atoms. The van der Waals surface area contributed by atoms with Crippen molar-refractivity contribution in [3.63, 3.8) is 0 Å². The molecule has 1 N–H and O–H groups in total. The minimum atomic E-state index is -0.523. The molecule has 1 aliphatic rings. The van der Waals surface area contributed by atoms with Crippen LogP contribution in [0.2, 0.25) is 0 Å². The molecule has 3 rings (SSSR count). The van der Waals surface area contributed by atoms with Crippen LogP contribution in [0.1, 0.15) is 11.1 Å². The molecule has 0 fully saturated rings. The molecule has 1 heterocycles. The lowest BCUT2D eigenvalue weighted by atomic mass is 10.1. The van der Waals surface area contributed by atoms with Gasteiger partial charge in [0.1, 0.15) is 11.6 Å². The minimum Gasteiger partial charge on any atom is -0.467 e. The molecule has 0 unspecified atom stereocenters. The largest absolute Gasteiger partial charge is 0.467 e. The number of carbonyl (C=O) groups is 1. The highest BCUT2D eigenvalue weighted by Gasteiger charge is 2.19. The number of ether oxygens (including phenoxy) is 2. The van der Waals surface area contributed by atoms with E-state index >= 15 is 0 Å². The summed E-state index contributed by atoms with van der Waals surface area (Å²) in [5.74, 6) is -0.419. The molecule has 1 amide bonds. The van der Waals surface area contributed by atoms with Crippen LogP contribution >= 0.6 is 0 Å². The number of rotatable bonds is 4. The van der Waals surface area contributed by atoms with E-state index in [1.54, 1.807) is 0 Å². The van der Waals surface area contributed by atoms with Crippen LogP contribution in [0.15, 0.2) is 42.5 Å². The van der Waals surface area contributed by atoms with Gasteiger partial charge < -0.3 is 14.8 Å². The fourth-order valence-corrected chi connectivity index (χ4v) is 2.34. The maximum atomic E-state index is 12.9. The third kappa shape index (κ3) is 3.99. The Labute approximate surface area is 141 Å². The SMILES string of the molecule is O=C(C=Cc1cc([N+](=O)[O-])cc2c1OCOC2)Nc1ccc(F)cc1. The molecule has 8 heteroatoms. The predicted octanol–water partition coefficient (Wildman–Crippen LogP) is 3.25. The fraction of sp³-hybridized carbons (Fsp3) is 0.118. The van der Waals surface area contributed by atoms with Gasteiger partial charge in [-0.25, -0.2) is 4.39 Å². The number of non-ortho nitro benzene ring substituents is 1.